The van der Waals surface area contributed by atoms with Crippen molar-refractivity contribution >= 4 is 18.0 Å². The Hall–Kier alpha value is -1.66. The van der Waals surface area contributed by atoms with E-state index in [9.17, 15) is 9.36 Å². The van der Waals surface area contributed by atoms with Gasteiger partial charge in [-0.25, -0.2) is 0 Å². The summed E-state index contributed by atoms with van der Waals surface area (Å²) in [6.07, 6.45) is 0. The lowest BCUT2D eigenvalue weighted by Gasteiger charge is -2.31. The van der Waals surface area contributed by atoms with Crippen LogP contribution in [0.3, 0.4) is 0 Å². The van der Waals surface area contributed by atoms with Crippen molar-refractivity contribution < 1.29 is 9.36 Å². The molecule has 0 spiro atoms. The molecule has 0 aliphatic rings. The first-order valence-electron chi connectivity index (χ1n) is 7.87. The minimum Gasteiger partial charge on any atom is -0.310 e. The average Bonchev–Trinajstić information content (AvgIpc) is 2.44. The first-order chi connectivity index (χ1) is 10.6. The fourth-order valence-corrected chi connectivity index (χ4v) is 6.00. The molecule has 0 saturated carbocycles. The summed E-state index contributed by atoms with van der Waals surface area (Å²) < 4.78 is 14.0. The van der Waals surface area contributed by atoms with Gasteiger partial charge in [-0.3, -0.25) is 4.79 Å². The third kappa shape index (κ3) is 3.05. The van der Waals surface area contributed by atoms with Crippen LogP contribution in [-0.4, -0.2) is 10.7 Å². The van der Waals surface area contributed by atoms with Crippen LogP contribution in [0, 0.1) is 20.8 Å². The van der Waals surface area contributed by atoms with Gasteiger partial charge in [0.15, 0.2) is 7.14 Å². The molecule has 0 aliphatic heterocycles. The summed E-state index contributed by atoms with van der Waals surface area (Å²) in [7, 11) is -3.28. The largest absolute Gasteiger partial charge is 0.310 e. The first kappa shape index (κ1) is 17.7. The molecule has 0 radical (unpaired) electrons. The van der Waals surface area contributed by atoms with Gasteiger partial charge in [0.25, 0.3) is 0 Å². The molecule has 1 atom stereocenters. The third-order valence-electron chi connectivity index (χ3n) is 4.24. The van der Waals surface area contributed by atoms with Crippen molar-refractivity contribution in [3.05, 3.63) is 64.7 Å². The van der Waals surface area contributed by atoms with Crippen LogP contribution in [0.2, 0.25) is 0 Å². The zero-order chi connectivity index (χ0) is 17.4. The maximum Gasteiger partial charge on any atom is 0.226 e. The van der Waals surface area contributed by atoms with Crippen LogP contribution < -0.4 is 5.30 Å². The summed E-state index contributed by atoms with van der Waals surface area (Å²) in [5.74, 6) is 0. The molecule has 0 amide bonds. The number of carbonyl (C=O) groups is 1. The normalized spacial score (nSPS) is 14.3. The fraction of sp³-hybridized carbons (Fsp3) is 0.350. The first-order valence-corrected chi connectivity index (χ1v) is 9.58. The molecule has 0 N–H and O–H groups in total. The van der Waals surface area contributed by atoms with Gasteiger partial charge in [0.2, 0.25) is 5.52 Å². The molecule has 0 fully saturated rings. The fourth-order valence-electron chi connectivity index (χ4n) is 3.12. The molecular formula is C20H25O2P. The van der Waals surface area contributed by atoms with Crippen LogP contribution in [0.25, 0.3) is 0 Å². The van der Waals surface area contributed by atoms with E-state index in [1.165, 1.54) is 0 Å². The Balaban J connectivity index is 2.73. The van der Waals surface area contributed by atoms with E-state index in [0.717, 1.165) is 16.7 Å². The third-order valence-corrected chi connectivity index (χ3v) is 7.95. The summed E-state index contributed by atoms with van der Waals surface area (Å²) in [4.78, 5) is 13.4. The average molecular weight is 328 g/mol. The van der Waals surface area contributed by atoms with Crippen molar-refractivity contribution in [3.8, 4) is 0 Å². The maximum atomic E-state index is 14.0. The summed E-state index contributed by atoms with van der Waals surface area (Å²) in [6.45, 7) is 11.5. The Kier molecular flexibility index (Phi) is 4.69. The van der Waals surface area contributed by atoms with E-state index >= 15 is 0 Å². The smallest absolute Gasteiger partial charge is 0.226 e. The number of benzene rings is 2. The van der Waals surface area contributed by atoms with Gasteiger partial charge in [-0.2, -0.15) is 0 Å². The lowest BCUT2D eigenvalue weighted by atomic mass is 10.0. The van der Waals surface area contributed by atoms with Crippen molar-refractivity contribution in [1.29, 1.82) is 0 Å². The second-order valence-electron chi connectivity index (χ2n) is 7.19. The van der Waals surface area contributed by atoms with Gasteiger partial charge in [-0.15, -0.1) is 0 Å². The molecule has 0 saturated heterocycles. The number of hydrogen-bond donors (Lipinski definition) is 0. The Labute approximate surface area is 139 Å². The van der Waals surface area contributed by atoms with Gasteiger partial charge in [0, 0.05) is 16.0 Å². The molecular weight excluding hydrogens is 303 g/mol. The van der Waals surface area contributed by atoms with E-state index in [4.69, 9.17) is 0 Å². The van der Waals surface area contributed by atoms with E-state index < -0.39 is 12.3 Å². The molecule has 2 nitrogen and oxygen atoms in total. The van der Waals surface area contributed by atoms with Crippen molar-refractivity contribution in [2.24, 2.45) is 0 Å². The molecule has 3 heteroatoms. The quantitative estimate of drug-likeness (QED) is 0.722. The second kappa shape index (κ2) is 6.09. The van der Waals surface area contributed by atoms with Gasteiger partial charge in [-0.1, -0.05) is 68.8 Å². The number of aryl methyl sites for hydroxylation is 3. The molecule has 0 heterocycles. The molecule has 2 aromatic rings. The van der Waals surface area contributed by atoms with Gasteiger partial charge in [-0.05, 0) is 31.9 Å². The molecule has 0 bridgehead atoms. The predicted octanol–water partition coefficient (Wildman–Crippen LogP) is 5.24. The topological polar surface area (TPSA) is 34.1 Å². The van der Waals surface area contributed by atoms with E-state index in [-0.39, 0.29) is 5.52 Å². The Morgan fingerprint density at radius 1 is 0.913 bits per heavy atom. The van der Waals surface area contributed by atoms with Crippen molar-refractivity contribution in [1.82, 2.24) is 0 Å². The summed E-state index contributed by atoms with van der Waals surface area (Å²) in [5, 5.41) is 0.00624. The van der Waals surface area contributed by atoms with Crippen LogP contribution in [0.1, 0.15) is 47.8 Å². The Morgan fingerprint density at radius 3 is 1.83 bits per heavy atom. The summed E-state index contributed by atoms with van der Waals surface area (Å²) in [5.41, 5.74) is 3.28. The lowest BCUT2D eigenvalue weighted by molar-refractivity contribution is 0.107. The van der Waals surface area contributed by atoms with Gasteiger partial charge in [0.05, 0.1) is 0 Å². The number of carbonyl (C=O) groups excluding carboxylic acids is 1. The van der Waals surface area contributed by atoms with Crippen LogP contribution in [0.5, 0.6) is 0 Å². The molecule has 2 rings (SSSR count). The minimum atomic E-state index is -3.28. The highest BCUT2D eigenvalue weighted by Crippen LogP contribution is 2.59. The molecule has 0 aliphatic carbocycles. The molecule has 2 aromatic carbocycles. The molecule has 1 unspecified atom stereocenters. The van der Waals surface area contributed by atoms with Crippen LogP contribution in [0.4, 0.5) is 0 Å². The predicted molar refractivity (Wildman–Crippen MR) is 98.4 cm³/mol. The van der Waals surface area contributed by atoms with Crippen LogP contribution in [0.15, 0.2) is 42.5 Å². The maximum absolute atomic E-state index is 14.0. The monoisotopic (exact) mass is 328 g/mol. The van der Waals surface area contributed by atoms with Crippen molar-refractivity contribution in [2.75, 3.05) is 0 Å². The van der Waals surface area contributed by atoms with Gasteiger partial charge in [0.1, 0.15) is 0 Å². The minimum absolute atomic E-state index is 0.230. The zero-order valence-electron chi connectivity index (χ0n) is 14.8. The van der Waals surface area contributed by atoms with E-state index in [1.807, 2.05) is 84.0 Å². The zero-order valence-corrected chi connectivity index (χ0v) is 15.7. The highest BCUT2D eigenvalue weighted by molar-refractivity contribution is 7.88. The van der Waals surface area contributed by atoms with Crippen LogP contribution >= 0.6 is 7.14 Å². The highest BCUT2D eigenvalue weighted by atomic mass is 31.2. The standard InChI is InChI=1S/C20H25O2P/c1-14-12-15(2)18(16(3)13-14)19(21)23(22,20(4,5)6)17-10-8-7-9-11-17/h7-13H,1-6H3. The SMILES string of the molecule is Cc1cc(C)c(C(=O)P(=O)(c2ccccc2)C(C)(C)C)c(C)c1. The Morgan fingerprint density at radius 2 is 1.39 bits per heavy atom. The van der Waals surface area contributed by atoms with Crippen LogP contribution in [-0.2, 0) is 4.57 Å². The van der Waals surface area contributed by atoms with Gasteiger partial charge < -0.3 is 4.57 Å². The number of rotatable bonds is 3. The van der Waals surface area contributed by atoms with E-state index in [0.29, 0.717) is 10.9 Å². The van der Waals surface area contributed by atoms with E-state index in [2.05, 4.69) is 0 Å². The van der Waals surface area contributed by atoms with Gasteiger partial charge >= 0.3 is 0 Å². The second-order valence-corrected chi connectivity index (χ2v) is 10.7. The number of hydrogen-bond acceptors (Lipinski definition) is 2. The van der Waals surface area contributed by atoms with E-state index in [1.54, 1.807) is 0 Å². The summed E-state index contributed by atoms with van der Waals surface area (Å²) >= 11 is 0. The lowest BCUT2D eigenvalue weighted by Crippen LogP contribution is -2.29. The molecule has 0 aromatic heterocycles. The summed E-state index contributed by atoms with van der Waals surface area (Å²) in [6, 6.07) is 13.1. The molecule has 122 valence electrons. The molecule has 23 heavy (non-hydrogen) atoms. The van der Waals surface area contributed by atoms with Crippen molar-refractivity contribution in [2.45, 2.75) is 46.7 Å². The Bertz CT molecular complexity index is 760. The van der Waals surface area contributed by atoms with Crippen molar-refractivity contribution in [3.63, 3.8) is 0 Å². The highest BCUT2D eigenvalue weighted by Gasteiger charge is 2.45.